The van der Waals surface area contributed by atoms with Crippen molar-refractivity contribution in [2.24, 2.45) is 0 Å². The number of alkyl halides is 3. The van der Waals surface area contributed by atoms with Crippen LogP contribution >= 0.6 is 34.8 Å². The van der Waals surface area contributed by atoms with Crippen LogP contribution in [0.2, 0.25) is 0 Å². The third-order valence-corrected chi connectivity index (χ3v) is 2.33. The minimum atomic E-state index is -1.11. The highest BCUT2D eigenvalue weighted by molar-refractivity contribution is 6.36. The van der Waals surface area contributed by atoms with Crippen molar-refractivity contribution in [3.05, 3.63) is 0 Å². The zero-order chi connectivity index (χ0) is 9.02. The lowest BCUT2D eigenvalue weighted by Gasteiger charge is -2.12. The Morgan fingerprint density at radius 3 is 2.18 bits per heavy atom. The Labute approximate surface area is 80.4 Å². The molecular formula is C6H9Cl3O2. The maximum atomic E-state index is 10.3. The van der Waals surface area contributed by atoms with Gasteiger partial charge in [0.2, 0.25) is 0 Å². The van der Waals surface area contributed by atoms with Gasteiger partial charge in [0.1, 0.15) is 5.38 Å². The number of carboxylic acids is 1. The highest BCUT2D eigenvalue weighted by Gasteiger charge is 2.24. The summed E-state index contributed by atoms with van der Waals surface area (Å²) in [5.74, 6) is -1.11. The first-order valence-corrected chi connectivity index (χ1v) is 4.41. The second-order valence-corrected chi connectivity index (χ2v) is 4.05. The molecule has 2 nitrogen and oxygen atoms in total. The van der Waals surface area contributed by atoms with Crippen LogP contribution in [0.1, 0.15) is 13.3 Å². The molecule has 0 rings (SSSR count). The molecule has 66 valence electrons. The van der Waals surface area contributed by atoms with Gasteiger partial charge < -0.3 is 5.11 Å². The molecule has 0 fully saturated rings. The van der Waals surface area contributed by atoms with E-state index >= 15 is 0 Å². The number of rotatable bonds is 4. The number of hydrogen-bond acceptors (Lipinski definition) is 1. The molecule has 3 unspecified atom stereocenters. The van der Waals surface area contributed by atoms with Gasteiger partial charge in [-0.05, 0) is 13.3 Å². The lowest BCUT2D eigenvalue weighted by Crippen LogP contribution is -2.26. The number of halogens is 3. The van der Waals surface area contributed by atoms with Gasteiger partial charge in [-0.15, -0.1) is 34.8 Å². The Morgan fingerprint density at radius 1 is 1.45 bits per heavy atom. The normalized spacial score (nSPS) is 18.9. The summed E-state index contributed by atoms with van der Waals surface area (Å²) >= 11 is 16.6. The Morgan fingerprint density at radius 2 is 1.91 bits per heavy atom. The summed E-state index contributed by atoms with van der Waals surface area (Å²) < 4.78 is 0. The van der Waals surface area contributed by atoms with E-state index in [-0.39, 0.29) is 5.38 Å². The fourth-order valence-electron chi connectivity index (χ4n) is 0.584. The van der Waals surface area contributed by atoms with E-state index in [1.807, 2.05) is 0 Å². The molecule has 0 spiro atoms. The maximum Gasteiger partial charge on any atom is 0.323 e. The van der Waals surface area contributed by atoms with Crippen LogP contribution < -0.4 is 0 Å². The number of carboxylic acid groups (broad SMARTS) is 1. The summed E-state index contributed by atoms with van der Waals surface area (Å²) in [6.07, 6.45) is 0.392. The third-order valence-electron chi connectivity index (χ3n) is 1.10. The molecule has 0 aliphatic heterocycles. The summed E-state index contributed by atoms with van der Waals surface area (Å²) in [6.45, 7) is 1.74. The predicted molar refractivity (Wildman–Crippen MR) is 46.8 cm³/mol. The number of carbonyl (C=O) groups is 1. The van der Waals surface area contributed by atoms with Crippen LogP contribution in [0.3, 0.4) is 0 Å². The molecule has 0 radical (unpaired) electrons. The fourth-order valence-corrected chi connectivity index (χ4v) is 1.35. The second kappa shape index (κ2) is 5.07. The van der Waals surface area contributed by atoms with Gasteiger partial charge in [-0.1, -0.05) is 0 Å². The molecule has 0 heterocycles. The molecule has 0 aromatic carbocycles. The lowest BCUT2D eigenvalue weighted by atomic mass is 10.2. The third kappa shape index (κ3) is 4.72. The van der Waals surface area contributed by atoms with Gasteiger partial charge in [-0.3, -0.25) is 4.79 Å². The Balaban J connectivity index is 3.82. The van der Waals surface area contributed by atoms with E-state index in [4.69, 9.17) is 39.9 Å². The molecule has 3 atom stereocenters. The van der Waals surface area contributed by atoms with Gasteiger partial charge in [0.25, 0.3) is 0 Å². The maximum absolute atomic E-state index is 10.3. The molecule has 0 aromatic heterocycles. The van der Waals surface area contributed by atoms with E-state index in [0.717, 1.165) is 0 Å². The van der Waals surface area contributed by atoms with Crippen molar-refractivity contribution in [2.75, 3.05) is 0 Å². The zero-order valence-electron chi connectivity index (χ0n) is 5.93. The van der Waals surface area contributed by atoms with Gasteiger partial charge in [0.05, 0.1) is 5.38 Å². The largest absolute Gasteiger partial charge is 0.480 e. The van der Waals surface area contributed by atoms with Crippen molar-refractivity contribution in [3.63, 3.8) is 0 Å². The summed E-state index contributed by atoms with van der Waals surface area (Å²) in [6, 6.07) is 0. The highest BCUT2D eigenvalue weighted by atomic mass is 35.5. The first kappa shape index (κ1) is 11.3. The number of hydrogen-bond donors (Lipinski definition) is 1. The van der Waals surface area contributed by atoms with Crippen LogP contribution in [0.5, 0.6) is 0 Å². The van der Waals surface area contributed by atoms with Crippen molar-refractivity contribution in [2.45, 2.75) is 29.5 Å². The van der Waals surface area contributed by atoms with Crippen molar-refractivity contribution in [1.29, 1.82) is 0 Å². The van der Waals surface area contributed by atoms with E-state index in [0.29, 0.717) is 6.42 Å². The number of aliphatic carboxylic acids is 1. The van der Waals surface area contributed by atoms with E-state index in [2.05, 4.69) is 0 Å². The van der Waals surface area contributed by atoms with Gasteiger partial charge in [-0.2, -0.15) is 0 Å². The molecule has 0 bridgehead atoms. The van der Waals surface area contributed by atoms with Crippen molar-refractivity contribution < 1.29 is 9.90 Å². The average Bonchev–Trinajstić information content (AvgIpc) is 1.84. The first-order valence-electron chi connectivity index (χ1n) is 3.10. The lowest BCUT2D eigenvalue weighted by molar-refractivity contribution is -0.136. The molecule has 5 heteroatoms. The van der Waals surface area contributed by atoms with Crippen LogP contribution in [0.25, 0.3) is 0 Å². The predicted octanol–water partition coefficient (Wildman–Crippen LogP) is 2.30. The smallest absolute Gasteiger partial charge is 0.323 e. The van der Waals surface area contributed by atoms with Crippen LogP contribution in [0, 0.1) is 0 Å². The SMILES string of the molecule is CC(Cl)CC(Cl)C(Cl)C(=O)O. The van der Waals surface area contributed by atoms with Gasteiger partial charge >= 0.3 is 5.97 Å². The van der Waals surface area contributed by atoms with E-state index < -0.39 is 16.7 Å². The van der Waals surface area contributed by atoms with Crippen LogP contribution in [0.4, 0.5) is 0 Å². The molecule has 0 saturated heterocycles. The minimum Gasteiger partial charge on any atom is -0.480 e. The molecular weight excluding hydrogens is 210 g/mol. The molecule has 0 aliphatic rings. The highest BCUT2D eigenvalue weighted by Crippen LogP contribution is 2.18. The van der Waals surface area contributed by atoms with Crippen LogP contribution in [-0.2, 0) is 4.79 Å². The summed E-state index contributed by atoms with van der Waals surface area (Å²) in [4.78, 5) is 10.3. The van der Waals surface area contributed by atoms with Crippen molar-refractivity contribution >= 4 is 40.8 Å². The van der Waals surface area contributed by atoms with Crippen molar-refractivity contribution in [3.8, 4) is 0 Å². The Bertz CT molecular complexity index is 138. The van der Waals surface area contributed by atoms with E-state index in [1.54, 1.807) is 6.92 Å². The molecule has 0 aromatic rings. The Hall–Kier alpha value is 0.340. The quantitative estimate of drug-likeness (QED) is 0.737. The molecule has 0 saturated carbocycles. The summed E-state index contributed by atoms with van der Waals surface area (Å²) in [7, 11) is 0. The Kier molecular flexibility index (Phi) is 5.23. The van der Waals surface area contributed by atoms with E-state index in [1.165, 1.54) is 0 Å². The first-order chi connectivity index (χ1) is 4.95. The minimum absolute atomic E-state index is 0.155. The molecule has 0 aliphatic carbocycles. The molecule has 1 N–H and O–H groups in total. The average molecular weight is 219 g/mol. The fraction of sp³-hybridized carbons (Fsp3) is 0.833. The summed E-state index contributed by atoms with van der Waals surface area (Å²) in [5.41, 5.74) is 0. The topological polar surface area (TPSA) is 37.3 Å². The monoisotopic (exact) mass is 218 g/mol. The van der Waals surface area contributed by atoms with Gasteiger partial charge in [0.15, 0.2) is 0 Å². The van der Waals surface area contributed by atoms with Gasteiger partial charge in [0, 0.05) is 5.38 Å². The second-order valence-electron chi connectivity index (χ2n) is 2.27. The molecule has 11 heavy (non-hydrogen) atoms. The van der Waals surface area contributed by atoms with Crippen molar-refractivity contribution in [1.82, 2.24) is 0 Å². The van der Waals surface area contributed by atoms with Gasteiger partial charge in [-0.25, -0.2) is 0 Å². The zero-order valence-corrected chi connectivity index (χ0v) is 8.20. The molecule has 0 amide bonds. The van der Waals surface area contributed by atoms with E-state index in [9.17, 15) is 4.79 Å². The van der Waals surface area contributed by atoms with Crippen LogP contribution in [-0.4, -0.2) is 27.2 Å². The van der Waals surface area contributed by atoms with Crippen LogP contribution in [0.15, 0.2) is 0 Å². The standard InChI is InChI=1S/C6H9Cl3O2/c1-3(7)2-4(8)5(9)6(10)11/h3-5H,2H2,1H3,(H,10,11). The summed E-state index contributed by atoms with van der Waals surface area (Å²) in [5, 5.41) is 6.58.